The molecular weight excluding hydrogens is 539 g/mol. The number of amides is 1. The number of nitrogens with zero attached hydrogens (tertiary/aromatic N) is 3. The van der Waals surface area contributed by atoms with Gasteiger partial charge in [-0.25, -0.2) is 0 Å². The fourth-order valence-electron chi connectivity index (χ4n) is 4.23. The Kier molecular flexibility index (Phi) is 9.77. The minimum atomic E-state index is -0.279. The molecule has 1 aromatic heterocycles. The van der Waals surface area contributed by atoms with E-state index in [1.54, 1.807) is 0 Å². The number of halogens is 3. The Hall–Kier alpha value is -1.67. The third-order valence-corrected chi connectivity index (χ3v) is 7.37. The van der Waals surface area contributed by atoms with Gasteiger partial charge < -0.3 is 10.2 Å². The first-order chi connectivity index (χ1) is 16.2. The monoisotopic (exact) mass is 568 g/mol. The first kappa shape index (κ1) is 26.9. The summed E-state index contributed by atoms with van der Waals surface area (Å²) < 4.78 is 1.05. The van der Waals surface area contributed by atoms with E-state index in [9.17, 15) is 4.79 Å². The fourth-order valence-corrected chi connectivity index (χ4v) is 5.03. The number of benzene rings is 1. The van der Waals surface area contributed by atoms with Gasteiger partial charge in [0.05, 0.1) is 21.3 Å². The number of rotatable bonds is 9. The minimum absolute atomic E-state index is 0.0705. The summed E-state index contributed by atoms with van der Waals surface area (Å²) in [6, 6.07) is 8.25. The summed E-state index contributed by atoms with van der Waals surface area (Å²) >= 11 is 15.7. The standard InChI is InChI=1S/C25H31BrCl2N4O2/c1-4-34-31-23(17-5-7-19(26)8-6-17)18-9-13-32(14-10-18)25(2,3)11-12-30-24(33)22-20(27)15-29-16-21(22)28/h5-8,15-16,18H,4,9-14H2,1-3H3,(H,30,33)/b31-23+. The zero-order valence-electron chi connectivity index (χ0n) is 19.8. The number of piperidine rings is 1. The highest BCUT2D eigenvalue weighted by molar-refractivity contribution is 9.10. The predicted octanol–water partition coefficient (Wildman–Crippen LogP) is 6.20. The van der Waals surface area contributed by atoms with Crippen molar-refractivity contribution >= 4 is 50.8 Å². The minimum Gasteiger partial charge on any atom is -0.396 e. The van der Waals surface area contributed by atoms with Crippen LogP contribution >= 0.6 is 39.1 Å². The van der Waals surface area contributed by atoms with Crippen LogP contribution in [0.3, 0.4) is 0 Å². The van der Waals surface area contributed by atoms with Gasteiger partial charge in [-0.05, 0) is 70.8 Å². The van der Waals surface area contributed by atoms with Gasteiger partial charge in [-0.15, -0.1) is 0 Å². The summed E-state index contributed by atoms with van der Waals surface area (Å²) in [5.41, 5.74) is 2.32. The van der Waals surface area contributed by atoms with Crippen molar-refractivity contribution in [2.45, 2.75) is 45.6 Å². The Labute approximate surface area is 220 Å². The van der Waals surface area contributed by atoms with Crippen molar-refractivity contribution in [3.63, 3.8) is 0 Å². The predicted molar refractivity (Wildman–Crippen MR) is 142 cm³/mol. The van der Waals surface area contributed by atoms with Crippen molar-refractivity contribution in [3.8, 4) is 0 Å². The summed E-state index contributed by atoms with van der Waals surface area (Å²) in [6.07, 6.45) is 5.65. The zero-order valence-corrected chi connectivity index (χ0v) is 22.9. The molecule has 0 bridgehead atoms. The van der Waals surface area contributed by atoms with Crippen LogP contribution in [0.4, 0.5) is 0 Å². The highest BCUT2D eigenvalue weighted by atomic mass is 79.9. The number of pyridine rings is 1. The van der Waals surface area contributed by atoms with Crippen molar-refractivity contribution in [3.05, 3.63) is 62.3 Å². The Morgan fingerprint density at radius 1 is 1.21 bits per heavy atom. The van der Waals surface area contributed by atoms with E-state index in [2.05, 4.69) is 62.3 Å². The molecule has 6 nitrogen and oxygen atoms in total. The summed E-state index contributed by atoms with van der Waals surface area (Å²) in [5, 5.41) is 7.93. The van der Waals surface area contributed by atoms with Gasteiger partial charge in [0, 0.05) is 34.9 Å². The summed E-state index contributed by atoms with van der Waals surface area (Å²) in [5.74, 6) is 0.0636. The molecule has 2 heterocycles. The molecule has 0 spiro atoms. The van der Waals surface area contributed by atoms with Gasteiger partial charge >= 0.3 is 0 Å². The van der Waals surface area contributed by atoms with Crippen LogP contribution in [0, 0.1) is 5.92 Å². The van der Waals surface area contributed by atoms with Crippen LogP contribution in [0.2, 0.25) is 10.0 Å². The molecule has 1 aliphatic heterocycles. The average molecular weight is 570 g/mol. The van der Waals surface area contributed by atoms with Crippen molar-refractivity contribution in [2.75, 3.05) is 26.2 Å². The number of hydrogen-bond acceptors (Lipinski definition) is 5. The van der Waals surface area contributed by atoms with E-state index >= 15 is 0 Å². The molecule has 1 aromatic carbocycles. The maximum absolute atomic E-state index is 12.6. The zero-order chi connectivity index (χ0) is 24.7. The maximum atomic E-state index is 12.6. The second-order valence-electron chi connectivity index (χ2n) is 8.96. The van der Waals surface area contributed by atoms with E-state index in [0.717, 1.165) is 48.1 Å². The lowest BCUT2D eigenvalue weighted by Gasteiger charge is -2.43. The lowest BCUT2D eigenvalue weighted by Crippen LogP contribution is -2.50. The van der Waals surface area contributed by atoms with Gasteiger partial charge in [-0.2, -0.15) is 0 Å². The average Bonchev–Trinajstić information content (AvgIpc) is 2.80. The van der Waals surface area contributed by atoms with E-state index in [4.69, 9.17) is 28.0 Å². The Bertz CT molecular complexity index is 986. The molecule has 2 aromatic rings. The number of carbonyl (C=O) groups is 1. The molecule has 0 aliphatic carbocycles. The Morgan fingerprint density at radius 3 is 2.41 bits per heavy atom. The van der Waals surface area contributed by atoms with Crippen LogP contribution in [-0.2, 0) is 4.84 Å². The van der Waals surface area contributed by atoms with Crippen LogP contribution in [0.5, 0.6) is 0 Å². The number of nitrogens with one attached hydrogen (secondary N) is 1. The number of hydrogen-bond donors (Lipinski definition) is 1. The van der Waals surface area contributed by atoms with Crippen LogP contribution in [0.15, 0.2) is 46.3 Å². The molecule has 184 valence electrons. The first-order valence-corrected chi connectivity index (χ1v) is 13.1. The van der Waals surface area contributed by atoms with E-state index in [1.165, 1.54) is 12.4 Å². The molecule has 0 atom stereocenters. The van der Waals surface area contributed by atoms with Gasteiger partial charge in [0.25, 0.3) is 5.91 Å². The molecule has 1 fully saturated rings. The molecule has 1 saturated heterocycles. The number of carbonyl (C=O) groups excluding carboxylic acids is 1. The van der Waals surface area contributed by atoms with Gasteiger partial charge in [0.15, 0.2) is 0 Å². The third-order valence-electron chi connectivity index (χ3n) is 6.27. The molecule has 0 radical (unpaired) electrons. The van der Waals surface area contributed by atoms with Crippen LogP contribution < -0.4 is 5.32 Å². The topological polar surface area (TPSA) is 66.8 Å². The van der Waals surface area contributed by atoms with E-state index in [1.807, 2.05) is 19.1 Å². The molecule has 3 rings (SSSR count). The van der Waals surface area contributed by atoms with Gasteiger partial charge in [0.1, 0.15) is 6.61 Å². The first-order valence-electron chi connectivity index (χ1n) is 11.5. The van der Waals surface area contributed by atoms with Crippen LogP contribution in [0.1, 0.15) is 56.0 Å². The summed E-state index contributed by atoms with van der Waals surface area (Å²) in [4.78, 5) is 24.4. The smallest absolute Gasteiger partial charge is 0.254 e. The SMILES string of the molecule is CCO/N=C(\c1ccc(Br)cc1)C1CCN(C(C)(C)CCNC(=O)c2c(Cl)cncc2Cl)CC1. The van der Waals surface area contributed by atoms with Crippen LogP contribution in [0.25, 0.3) is 0 Å². The molecule has 1 amide bonds. The highest BCUT2D eigenvalue weighted by Crippen LogP contribution is 2.29. The van der Waals surface area contributed by atoms with Gasteiger partial charge in [-0.1, -0.05) is 56.4 Å². The molecule has 34 heavy (non-hydrogen) atoms. The Morgan fingerprint density at radius 2 is 1.82 bits per heavy atom. The van der Waals surface area contributed by atoms with E-state index in [-0.39, 0.29) is 27.1 Å². The summed E-state index contributed by atoms with van der Waals surface area (Å²) in [7, 11) is 0. The lowest BCUT2D eigenvalue weighted by molar-refractivity contribution is 0.0756. The lowest BCUT2D eigenvalue weighted by atomic mass is 9.85. The third kappa shape index (κ3) is 6.94. The highest BCUT2D eigenvalue weighted by Gasteiger charge is 2.32. The largest absolute Gasteiger partial charge is 0.396 e. The molecule has 1 aliphatic rings. The van der Waals surface area contributed by atoms with Gasteiger partial charge in [-0.3, -0.25) is 14.7 Å². The molecule has 1 N–H and O–H groups in total. The molecule has 0 unspecified atom stereocenters. The van der Waals surface area contributed by atoms with Crippen molar-refractivity contribution in [1.82, 2.24) is 15.2 Å². The summed E-state index contributed by atoms with van der Waals surface area (Å²) in [6.45, 7) is 9.36. The van der Waals surface area contributed by atoms with Crippen molar-refractivity contribution in [2.24, 2.45) is 11.1 Å². The second kappa shape index (κ2) is 12.3. The van der Waals surface area contributed by atoms with Crippen molar-refractivity contribution < 1.29 is 9.63 Å². The second-order valence-corrected chi connectivity index (χ2v) is 10.7. The van der Waals surface area contributed by atoms with E-state index in [0.29, 0.717) is 19.1 Å². The fraction of sp³-hybridized carbons (Fsp3) is 0.480. The molecule has 0 saturated carbocycles. The number of oxime groups is 1. The van der Waals surface area contributed by atoms with E-state index < -0.39 is 0 Å². The van der Waals surface area contributed by atoms with Gasteiger partial charge in [0.2, 0.25) is 0 Å². The quantitative estimate of drug-likeness (QED) is 0.288. The number of likely N-dealkylation sites (tertiary alicyclic amines) is 1. The van der Waals surface area contributed by atoms with Crippen molar-refractivity contribution in [1.29, 1.82) is 0 Å². The normalized spacial score (nSPS) is 15.9. The molecule has 9 heteroatoms. The molecular formula is C25H31BrCl2N4O2. The maximum Gasteiger partial charge on any atom is 0.254 e. The number of aromatic nitrogens is 1. The van der Waals surface area contributed by atoms with Crippen LogP contribution in [-0.4, -0.2) is 53.3 Å². The Balaban J connectivity index is 1.56.